The zero-order chi connectivity index (χ0) is 23.5. The molecule has 0 spiro atoms. The van der Waals surface area contributed by atoms with Gasteiger partial charge in [0.05, 0.1) is 27.9 Å². The molecule has 3 rings (SSSR count). The van der Waals surface area contributed by atoms with Gasteiger partial charge in [-0.25, -0.2) is 0 Å². The summed E-state index contributed by atoms with van der Waals surface area (Å²) in [6, 6.07) is 9.32. The third-order valence-corrected chi connectivity index (χ3v) is 5.96. The highest BCUT2D eigenvalue weighted by Crippen LogP contribution is 2.36. The highest BCUT2D eigenvalue weighted by Gasteiger charge is 2.35. The van der Waals surface area contributed by atoms with E-state index in [-0.39, 0.29) is 16.6 Å². The van der Waals surface area contributed by atoms with E-state index in [1.165, 1.54) is 6.07 Å². The molecular weight excluding hydrogens is 466 g/mol. The number of carbonyl (C=O) groups excluding carboxylic acids is 2. The van der Waals surface area contributed by atoms with Crippen LogP contribution in [0.5, 0.6) is 0 Å². The molecule has 1 fully saturated rings. The number of nitrogens with one attached hydrogen (secondary N) is 1. The number of hydrogen-bond donors (Lipinski definition) is 1. The summed E-state index contributed by atoms with van der Waals surface area (Å²) in [6.07, 6.45) is -4.04. The zero-order valence-corrected chi connectivity index (χ0v) is 18.8. The predicted octanol–water partition coefficient (Wildman–Crippen LogP) is 5.19. The Morgan fingerprint density at radius 2 is 1.75 bits per heavy atom. The molecule has 1 heterocycles. The number of nitrogens with zero attached hydrogens (tertiary/aromatic N) is 2. The van der Waals surface area contributed by atoms with Gasteiger partial charge < -0.3 is 10.2 Å². The van der Waals surface area contributed by atoms with E-state index in [1.807, 2.05) is 4.90 Å². The second kappa shape index (κ2) is 10.1. The maximum absolute atomic E-state index is 13.3. The first kappa shape index (κ1) is 24.4. The van der Waals surface area contributed by atoms with Crippen molar-refractivity contribution < 1.29 is 22.8 Å². The van der Waals surface area contributed by atoms with Crippen LogP contribution in [0, 0.1) is 0 Å². The lowest BCUT2D eigenvalue weighted by Crippen LogP contribution is -2.44. The first-order chi connectivity index (χ1) is 15.1. The van der Waals surface area contributed by atoms with E-state index in [9.17, 15) is 22.8 Å². The predicted molar refractivity (Wildman–Crippen MR) is 118 cm³/mol. The lowest BCUT2D eigenvalue weighted by Gasteiger charge is -2.27. The van der Waals surface area contributed by atoms with Gasteiger partial charge in [0.25, 0.3) is 5.91 Å². The first-order valence-corrected chi connectivity index (χ1v) is 10.8. The van der Waals surface area contributed by atoms with Crippen molar-refractivity contribution in [1.29, 1.82) is 0 Å². The molecule has 1 aliphatic rings. The van der Waals surface area contributed by atoms with Crippen molar-refractivity contribution in [3.63, 3.8) is 0 Å². The largest absolute Gasteiger partial charge is 0.418 e. The van der Waals surface area contributed by atoms with Crippen LogP contribution >= 0.6 is 23.2 Å². The van der Waals surface area contributed by atoms with Crippen molar-refractivity contribution in [2.45, 2.75) is 25.6 Å². The van der Waals surface area contributed by atoms with Crippen LogP contribution in [-0.2, 0) is 11.0 Å². The Kier molecular flexibility index (Phi) is 7.69. The Morgan fingerprint density at radius 3 is 2.44 bits per heavy atom. The lowest BCUT2D eigenvalue weighted by molar-refractivity contribution is -0.137. The number of halogens is 5. The van der Waals surface area contributed by atoms with Gasteiger partial charge in [0.1, 0.15) is 0 Å². The topological polar surface area (TPSA) is 52.7 Å². The third-order valence-electron chi connectivity index (χ3n) is 5.39. The number of hydrogen-bond acceptors (Lipinski definition) is 3. The second-order valence-corrected chi connectivity index (χ2v) is 8.36. The molecule has 1 N–H and O–H groups in total. The molecule has 32 heavy (non-hydrogen) atoms. The van der Waals surface area contributed by atoms with Crippen molar-refractivity contribution in [1.82, 2.24) is 9.80 Å². The van der Waals surface area contributed by atoms with Crippen molar-refractivity contribution >= 4 is 40.7 Å². The Labute approximate surface area is 194 Å². The highest BCUT2D eigenvalue weighted by molar-refractivity contribution is 6.33. The van der Waals surface area contributed by atoms with Gasteiger partial charge in [-0.3, -0.25) is 14.5 Å². The van der Waals surface area contributed by atoms with E-state index in [0.29, 0.717) is 43.2 Å². The fraction of sp³-hybridized carbons (Fsp3) is 0.364. The van der Waals surface area contributed by atoms with E-state index >= 15 is 0 Å². The Hall–Kier alpha value is -2.29. The maximum atomic E-state index is 13.3. The molecule has 0 aromatic heterocycles. The molecular formula is C22H22Cl2F3N3O2. The fourth-order valence-electron chi connectivity index (χ4n) is 3.60. The van der Waals surface area contributed by atoms with Crippen LogP contribution in [-0.4, -0.2) is 53.8 Å². The van der Waals surface area contributed by atoms with Gasteiger partial charge in [-0.1, -0.05) is 35.3 Å². The summed E-state index contributed by atoms with van der Waals surface area (Å²) in [4.78, 5) is 29.0. The molecule has 0 aliphatic carbocycles. The van der Waals surface area contributed by atoms with E-state index in [1.54, 1.807) is 36.1 Å². The van der Waals surface area contributed by atoms with Crippen LogP contribution in [0.25, 0.3) is 0 Å². The minimum Gasteiger partial charge on any atom is -0.337 e. The molecule has 0 radical (unpaired) electrons. The SMILES string of the molecule is CC(C(=O)Nc1ccc(Cl)cc1C(F)(F)F)N1CCCN(C(=O)c2ccccc2Cl)CC1. The molecule has 1 atom stereocenters. The summed E-state index contributed by atoms with van der Waals surface area (Å²) in [5, 5.41) is 2.67. The summed E-state index contributed by atoms with van der Waals surface area (Å²) < 4.78 is 39.9. The lowest BCUT2D eigenvalue weighted by atomic mass is 10.1. The van der Waals surface area contributed by atoms with Gasteiger partial charge >= 0.3 is 6.18 Å². The standard InChI is InChI=1S/C22H22Cl2F3N3O2/c1-14(20(31)28-19-8-7-15(23)13-17(19)22(25,26)27)29-9-4-10-30(12-11-29)21(32)16-5-2-3-6-18(16)24/h2-3,5-8,13-14H,4,9-12H2,1H3,(H,28,31). The number of anilines is 1. The second-order valence-electron chi connectivity index (χ2n) is 7.51. The minimum atomic E-state index is -4.65. The summed E-state index contributed by atoms with van der Waals surface area (Å²) in [7, 11) is 0. The molecule has 0 saturated carbocycles. The molecule has 1 unspecified atom stereocenters. The molecule has 1 aliphatic heterocycles. The Morgan fingerprint density at radius 1 is 1.03 bits per heavy atom. The van der Waals surface area contributed by atoms with Crippen molar-refractivity contribution in [2.24, 2.45) is 0 Å². The molecule has 0 bridgehead atoms. The van der Waals surface area contributed by atoms with E-state index in [4.69, 9.17) is 23.2 Å². The van der Waals surface area contributed by atoms with E-state index < -0.39 is 23.7 Å². The Bertz CT molecular complexity index is 1000. The first-order valence-electron chi connectivity index (χ1n) is 10.0. The Balaban J connectivity index is 1.66. The molecule has 172 valence electrons. The van der Waals surface area contributed by atoms with Crippen LogP contribution in [0.15, 0.2) is 42.5 Å². The minimum absolute atomic E-state index is 0.0702. The van der Waals surface area contributed by atoms with Gasteiger partial charge in [-0.2, -0.15) is 13.2 Å². The number of alkyl halides is 3. The van der Waals surface area contributed by atoms with Crippen molar-refractivity contribution in [3.05, 3.63) is 63.6 Å². The average molecular weight is 488 g/mol. The number of benzene rings is 2. The summed E-state index contributed by atoms with van der Waals surface area (Å²) >= 11 is 11.8. The van der Waals surface area contributed by atoms with Gasteiger partial charge in [0.15, 0.2) is 0 Å². The molecule has 5 nitrogen and oxygen atoms in total. The summed E-state index contributed by atoms with van der Waals surface area (Å²) in [5.41, 5.74) is -0.933. The van der Waals surface area contributed by atoms with Crippen LogP contribution in [0.3, 0.4) is 0 Å². The summed E-state index contributed by atoms with van der Waals surface area (Å²) in [6.45, 7) is 3.41. The molecule has 10 heteroatoms. The van der Waals surface area contributed by atoms with Crippen molar-refractivity contribution in [3.8, 4) is 0 Å². The highest BCUT2D eigenvalue weighted by atomic mass is 35.5. The van der Waals surface area contributed by atoms with Gasteiger partial charge in [0.2, 0.25) is 5.91 Å². The zero-order valence-electron chi connectivity index (χ0n) is 17.3. The normalized spacial score (nSPS) is 16.4. The molecule has 2 aromatic rings. The summed E-state index contributed by atoms with van der Waals surface area (Å²) in [5.74, 6) is -0.755. The quantitative estimate of drug-likeness (QED) is 0.645. The monoisotopic (exact) mass is 487 g/mol. The molecule has 2 amide bonds. The smallest absolute Gasteiger partial charge is 0.337 e. The van der Waals surface area contributed by atoms with E-state index in [0.717, 1.165) is 12.1 Å². The number of rotatable bonds is 4. The van der Waals surface area contributed by atoms with Crippen molar-refractivity contribution in [2.75, 3.05) is 31.5 Å². The average Bonchev–Trinajstić information content (AvgIpc) is 3.00. The fourth-order valence-corrected chi connectivity index (χ4v) is 3.98. The van der Waals surface area contributed by atoms with Crippen LogP contribution in [0.1, 0.15) is 29.3 Å². The molecule has 1 saturated heterocycles. The van der Waals surface area contributed by atoms with Gasteiger partial charge in [-0.15, -0.1) is 0 Å². The van der Waals surface area contributed by atoms with Crippen LogP contribution < -0.4 is 5.32 Å². The van der Waals surface area contributed by atoms with E-state index in [2.05, 4.69) is 5.32 Å². The number of carbonyl (C=O) groups is 2. The van der Waals surface area contributed by atoms with Gasteiger partial charge in [0, 0.05) is 31.2 Å². The van der Waals surface area contributed by atoms with Gasteiger partial charge in [-0.05, 0) is 43.7 Å². The van der Waals surface area contributed by atoms with Crippen LogP contribution in [0.2, 0.25) is 10.0 Å². The maximum Gasteiger partial charge on any atom is 0.418 e. The number of amides is 2. The third kappa shape index (κ3) is 5.74. The van der Waals surface area contributed by atoms with Crippen LogP contribution in [0.4, 0.5) is 18.9 Å². The molecule has 2 aromatic carbocycles.